The zero-order valence-electron chi connectivity index (χ0n) is 15.8. The second kappa shape index (κ2) is 10.8. The van der Waals surface area contributed by atoms with Gasteiger partial charge in [-0.25, -0.2) is 9.37 Å². The van der Waals surface area contributed by atoms with Gasteiger partial charge in [-0.3, -0.25) is 14.9 Å². The van der Waals surface area contributed by atoms with Crippen LogP contribution in [0, 0.1) is 5.82 Å². The predicted octanol–water partition coefficient (Wildman–Crippen LogP) is 4.51. The van der Waals surface area contributed by atoms with Crippen molar-refractivity contribution in [3.8, 4) is 0 Å². The van der Waals surface area contributed by atoms with E-state index in [9.17, 15) is 14.0 Å². The van der Waals surface area contributed by atoms with Crippen LogP contribution in [0.3, 0.4) is 0 Å². The molecule has 0 aliphatic heterocycles. The Bertz CT molecular complexity index is 738. The summed E-state index contributed by atoms with van der Waals surface area (Å²) in [4.78, 5) is 31.0. The zero-order chi connectivity index (χ0) is 19.6. The number of hydrogen-bond acceptors (Lipinski definition) is 4. The van der Waals surface area contributed by atoms with Crippen molar-refractivity contribution in [1.82, 2.24) is 9.88 Å². The van der Waals surface area contributed by atoms with Crippen LogP contribution in [0.5, 0.6) is 0 Å². The molecule has 0 fully saturated rings. The molecular weight excluding hydrogens is 365 g/mol. The smallest absolute Gasteiger partial charge is 0.257 e. The van der Waals surface area contributed by atoms with Crippen LogP contribution >= 0.6 is 11.3 Å². The third-order valence-corrected chi connectivity index (χ3v) is 4.93. The Balaban J connectivity index is 1.94. The number of thiazole rings is 1. The van der Waals surface area contributed by atoms with Crippen LogP contribution in [-0.4, -0.2) is 34.8 Å². The van der Waals surface area contributed by atoms with Crippen LogP contribution in [0.4, 0.5) is 9.52 Å². The summed E-state index contributed by atoms with van der Waals surface area (Å²) < 4.78 is 12.9. The summed E-state index contributed by atoms with van der Waals surface area (Å²) in [6, 6.07) is 5.31. The number of benzene rings is 1. The minimum absolute atomic E-state index is 0.0682. The molecule has 0 bridgehead atoms. The highest BCUT2D eigenvalue weighted by Gasteiger charge is 2.16. The van der Waals surface area contributed by atoms with Gasteiger partial charge in [0, 0.05) is 24.0 Å². The second-order valence-corrected chi connectivity index (χ2v) is 7.23. The van der Waals surface area contributed by atoms with E-state index in [1.165, 1.54) is 35.6 Å². The van der Waals surface area contributed by atoms with Crippen molar-refractivity contribution >= 4 is 28.3 Å². The number of halogens is 1. The van der Waals surface area contributed by atoms with Crippen LogP contribution in [0.1, 0.15) is 55.6 Å². The lowest BCUT2D eigenvalue weighted by atomic mass is 10.2. The molecule has 146 valence electrons. The number of rotatable bonds is 10. The third kappa shape index (κ3) is 6.75. The van der Waals surface area contributed by atoms with Crippen molar-refractivity contribution < 1.29 is 14.0 Å². The maximum absolute atomic E-state index is 12.9. The van der Waals surface area contributed by atoms with Gasteiger partial charge in [-0.05, 0) is 37.1 Å². The van der Waals surface area contributed by atoms with Gasteiger partial charge in [-0.1, -0.05) is 26.7 Å². The molecule has 2 amide bonds. The average Bonchev–Trinajstić information content (AvgIpc) is 3.09. The fourth-order valence-corrected chi connectivity index (χ4v) is 3.25. The number of nitrogens with one attached hydrogen (secondary N) is 1. The first kappa shape index (κ1) is 21.0. The molecule has 27 heavy (non-hydrogen) atoms. The summed E-state index contributed by atoms with van der Waals surface area (Å²) >= 11 is 1.28. The maximum atomic E-state index is 12.9. The van der Waals surface area contributed by atoms with Gasteiger partial charge in [0.1, 0.15) is 5.82 Å². The summed E-state index contributed by atoms with van der Waals surface area (Å²) in [5.74, 6) is -0.675. The van der Waals surface area contributed by atoms with Gasteiger partial charge in [0.2, 0.25) is 5.91 Å². The van der Waals surface area contributed by atoms with Crippen molar-refractivity contribution in [2.24, 2.45) is 0 Å². The molecule has 1 aromatic carbocycles. The van der Waals surface area contributed by atoms with E-state index in [4.69, 9.17) is 0 Å². The van der Waals surface area contributed by atoms with Crippen LogP contribution in [0.2, 0.25) is 0 Å². The molecule has 0 unspecified atom stereocenters. The van der Waals surface area contributed by atoms with E-state index in [1.54, 1.807) is 5.38 Å². The minimum Gasteiger partial charge on any atom is -0.342 e. The number of aromatic nitrogens is 1. The lowest BCUT2D eigenvalue weighted by Gasteiger charge is -2.22. The van der Waals surface area contributed by atoms with E-state index >= 15 is 0 Å². The molecular formula is C20H26FN3O2S. The zero-order valence-corrected chi connectivity index (χ0v) is 16.7. The van der Waals surface area contributed by atoms with Crippen molar-refractivity contribution in [3.63, 3.8) is 0 Å². The highest BCUT2D eigenvalue weighted by Crippen LogP contribution is 2.18. The molecule has 2 rings (SSSR count). The van der Waals surface area contributed by atoms with Crippen molar-refractivity contribution in [3.05, 3.63) is 46.7 Å². The maximum Gasteiger partial charge on any atom is 0.257 e. The number of carbonyl (C=O) groups is 2. The van der Waals surface area contributed by atoms with E-state index in [-0.39, 0.29) is 18.2 Å². The van der Waals surface area contributed by atoms with Crippen molar-refractivity contribution in [2.75, 3.05) is 18.4 Å². The fraction of sp³-hybridized carbons (Fsp3) is 0.450. The lowest BCUT2D eigenvalue weighted by Crippen LogP contribution is -2.34. The number of nitrogens with zero attached hydrogens (tertiary/aromatic N) is 2. The summed E-state index contributed by atoms with van der Waals surface area (Å²) in [6.45, 7) is 5.76. The van der Waals surface area contributed by atoms with Crippen LogP contribution in [-0.2, 0) is 11.2 Å². The Hall–Kier alpha value is -2.28. The molecule has 0 radical (unpaired) electrons. The van der Waals surface area contributed by atoms with E-state index in [1.807, 2.05) is 4.90 Å². The van der Waals surface area contributed by atoms with Gasteiger partial charge in [-0.2, -0.15) is 0 Å². The van der Waals surface area contributed by atoms with Gasteiger partial charge in [0.25, 0.3) is 5.91 Å². The Labute approximate surface area is 163 Å². The Morgan fingerprint density at radius 2 is 1.74 bits per heavy atom. The quantitative estimate of drug-likeness (QED) is 0.648. The SMILES string of the molecule is CCCCN(CCCC)C(=O)Cc1csc(NC(=O)c2ccc(F)cc2)n1. The molecule has 0 atom stereocenters. The first-order valence-electron chi connectivity index (χ1n) is 9.32. The second-order valence-electron chi connectivity index (χ2n) is 6.37. The lowest BCUT2D eigenvalue weighted by molar-refractivity contribution is -0.130. The molecule has 7 heteroatoms. The molecule has 1 N–H and O–H groups in total. The Morgan fingerprint density at radius 3 is 2.33 bits per heavy atom. The van der Waals surface area contributed by atoms with E-state index in [0.29, 0.717) is 16.4 Å². The molecule has 0 saturated carbocycles. The van der Waals surface area contributed by atoms with Crippen molar-refractivity contribution in [2.45, 2.75) is 46.0 Å². The first-order chi connectivity index (χ1) is 13.0. The molecule has 0 saturated heterocycles. The number of amides is 2. The number of hydrogen-bond donors (Lipinski definition) is 1. The van der Waals surface area contributed by atoms with Crippen LogP contribution < -0.4 is 5.32 Å². The summed E-state index contributed by atoms with van der Waals surface area (Å²) in [5.41, 5.74) is 1.01. The van der Waals surface area contributed by atoms with Gasteiger partial charge in [-0.15, -0.1) is 11.3 Å². The van der Waals surface area contributed by atoms with Crippen LogP contribution in [0.15, 0.2) is 29.6 Å². The van der Waals surface area contributed by atoms with Gasteiger partial charge in [0.05, 0.1) is 12.1 Å². The first-order valence-corrected chi connectivity index (χ1v) is 10.2. The predicted molar refractivity (Wildman–Crippen MR) is 107 cm³/mol. The normalized spacial score (nSPS) is 10.6. The molecule has 0 spiro atoms. The molecule has 1 heterocycles. The number of unbranched alkanes of at least 4 members (excludes halogenated alkanes) is 2. The number of carbonyl (C=O) groups excluding carboxylic acids is 2. The molecule has 1 aromatic heterocycles. The molecule has 0 aliphatic carbocycles. The molecule has 5 nitrogen and oxygen atoms in total. The van der Waals surface area contributed by atoms with Crippen LogP contribution in [0.25, 0.3) is 0 Å². The molecule has 2 aromatic rings. The summed E-state index contributed by atoms with van der Waals surface area (Å²) in [6.07, 6.45) is 4.31. The topological polar surface area (TPSA) is 62.3 Å². The van der Waals surface area contributed by atoms with Gasteiger partial charge < -0.3 is 4.90 Å². The van der Waals surface area contributed by atoms with Crippen molar-refractivity contribution in [1.29, 1.82) is 0 Å². The van der Waals surface area contributed by atoms with Gasteiger partial charge in [0.15, 0.2) is 5.13 Å². The van der Waals surface area contributed by atoms with E-state index in [0.717, 1.165) is 38.8 Å². The standard InChI is InChI=1S/C20H26FN3O2S/c1-3-5-11-24(12-6-4-2)18(25)13-17-14-27-20(22-17)23-19(26)15-7-9-16(21)10-8-15/h7-10,14H,3-6,11-13H2,1-2H3,(H,22,23,26). The fourth-order valence-electron chi connectivity index (χ4n) is 2.54. The molecule has 0 aliphatic rings. The summed E-state index contributed by atoms with van der Waals surface area (Å²) in [5, 5.41) is 4.91. The highest BCUT2D eigenvalue weighted by atomic mass is 32.1. The highest BCUT2D eigenvalue weighted by molar-refractivity contribution is 7.14. The van der Waals surface area contributed by atoms with Gasteiger partial charge >= 0.3 is 0 Å². The largest absolute Gasteiger partial charge is 0.342 e. The Morgan fingerprint density at radius 1 is 1.11 bits per heavy atom. The Kier molecular flexibility index (Phi) is 8.39. The number of anilines is 1. The monoisotopic (exact) mass is 391 g/mol. The minimum atomic E-state index is -0.391. The van der Waals surface area contributed by atoms with E-state index in [2.05, 4.69) is 24.1 Å². The third-order valence-electron chi connectivity index (χ3n) is 4.13. The van der Waals surface area contributed by atoms with E-state index < -0.39 is 5.82 Å². The average molecular weight is 392 g/mol. The summed E-state index contributed by atoms with van der Waals surface area (Å²) in [7, 11) is 0.